The number of aryl methyl sites for hydroxylation is 1. The van der Waals surface area contributed by atoms with E-state index in [-0.39, 0.29) is 12.2 Å². The number of aliphatic hydroxyl groups excluding tert-OH is 1. The fourth-order valence-electron chi connectivity index (χ4n) is 2.31. The summed E-state index contributed by atoms with van der Waals surface area (Å²) < 4.78 is 12.1. The second kappa shape index (κ2) is 7.36. The van der Waals surface area contributed by atoms with Crippen LogP contribution in [0.4, 0.5) is 5.82 Å². The van der Waals surface area contributed by atoms with Crippen LogP contribution in [-0.2, 0) is 9.47 Å². The lowest BCUT2D eigenvalue weighted by Crippen LogP contribution is -2.45. The van der Waals surface area contributed by atoms with Crippen LogP contribution in [0.25, 0.3) is 0 Å². The normalized spacial score (nSPS) is 17.9. The quantitative estimate of drug-likeness (QED) is 0.774. The molecule has 1 aromatic heterocycles. The Hall–Kier alpha value is -0.690. The SMILES string of the molecule is Cc1ccc(Br)nc1NCC1(OCCO)CCOCC1. The highest BCUT2D eigenvalue weighted by Crippen LogP contribution is 2.26. The second-order valence-electron chi connectivity index (χ2n) is 5.02. The van der Waals surface area contributed by atoms with E-state index >= 15 is 0 Å². The Balaban J connectivity index is 2.02. The Morgan fingerprint density at radius 1 is 1.45 bits per heavy atom. The average molecular weight is 345 g/mol. The van der Waals surface area contributed by atoms with Gasteiger partial charge in [0.1, 0.15) is 10.4 Å². The second-order valence-corrected chi connectivity index (χ2v) is 5.83. The third-order valence-electron chi connectivity index (χ3n) is 3.54. The van der Waals surface area contributed by atoms with E-state index in [0.29, 0.717) is 26.4 Å². The van der Waals surface area contributed by atoms with Gasteiger partial charge in [-0.2, -0.15) is 0 Å². The molecule has 2 heterocycles. The van der Waals surface area contributed by atoms with E-state index in [1.54, 1.807) is 0 Å². The maximum absolute atomic E-state index is 8.98. The van der Waals surface area contributed by atoms with Crippen LogP contribution >= 0.6 is 15.9 Å². The summed E-state index contributed by atoms with van der Waals surface area (Å²) in [7, 11) is 0. The van der Waals surface area contributed by atoms with Crippen molar-refractivity contribution in [2.45, 2.75) is 25.4 Å². The number of aliphatic hydroxyl groups is 1. The zero-order chi connectivity index (χ0) is 14.4. The predicted molar refractivity (Wildman–Crippen MR) is 81.0 cm³/mol. The van der Waals surface area contributed by atoms with E-state index < -0.39 is 0 Å². The summed E-state index contributed by atoms with van der Waals surface area (Å²) in [6.45, 7) is 4.47. The molecular weight excluding hydrogens is 324 g/mol. The van der Waals surface area contributed by atoms with Crippen LogP contribution in [0, 0.1) is 6.92 Å². The third-order valence-corrected chi connectivity index (χ3v) is 3.99. The highest BCUT2D eigenvalue weighted by Gasteiger charge is 2.33. The zero-order valence-corrected chi connectivity index (χ0v) is 13.3. The number of ether oxygens (including phenoxy) is 2. The van der Waals surface area contributed by atoms with Gasteiger partial charge in [0, 0.05) is 32.6 Å². The molecule has 2 rings (SSSR count). The van der Waals surface area contributed by atoms with Crippen molar-refractivity contribution in [2.75, 3.05) is 38.3 Å². The molecule has 0 atom stereocenters. The van der Waals surface area contributed by atoms with Crippen molar-refractivity contribution >= 4 is 21.7 Å². The van der Waals surface area contributed by atoms with Crippen molar-refractivity contribution in [1.82, 2.24) is 4.98 Å². The van der Waals surface area contributed by atoms with Crippen molar-refractivity contribution in [1.29, 1.82) is 0 Å². The van der Waals surface area contributed by atoms with Crippen LogP contribution in [0.5, 0.6) is 0 Å². The molecule has 0 unspecified atom stereocenters. The number of nitrogens with one attached hydrogen (secondary N) is 1. The first kappa shape index (κ1) is 15.7. The van der Waals surface area contributed by atoms with Gasteiger partial charge in [0.25, 0.3) is 0 Å². The van der Waals surface area contributed by atoms with Gasteiger partial charge < -0.3 is 19.9 Å². The van der Waals surface area contributed by atoms with Gasteiger partial charge in [-0.25, -0.2) is 4.98 Å². The molecule has 0 aliphatic carbocycles. The Morgan fingerprint density at radius 3 is 2.90 bits per heavy atom. The first-order valence-corrected chi connectivity index (χ1v) is 7.64. The molecule has 1 aromatic rings. The summed E-state index contributed by atoms with van der Waals surface area (Å²) in [6, 6.07) is 3.94. The Kier molecular flexibility index (Phi) is 5.77. The van der Waals surface area contributed by atoms with E-state index in [1.807, 2.05) is 19.1 Å². The minimum absolute atomic E-state index is 0.0385. The monoisotopic (exact) mass is 344 g/mol. The molecule has 20 heavy (non-hydrogen) atoms. The Labute approximate surface area is 127 Å². The number of hydrogen-bond acceptors (Lipinski definition) is 5. The first-order chi connectivity index (χ1) is 9.65. The van der Waals surface area contributed by atoms with Crippen LogP contribution in [0.2, 0.25) is 0 Å². The molecule has 0 saturated carbocycles. The largest absolute Gasteiger partial charge is 0.394 e. The van der Waals surface area contributed by atoms with E-state index in [4.69, 9.17) is 14.6 Å². The van der Waals surface area contributed by atoms with Crippen molar-refractivity contribution in [2.24, 2.45) is 0 Å². The highest BCUT2D eigenvalue weighted by atomic mass is 79.9. The molecule has 0 aromatic carbocycles. The van der Waals surface area contributed by atoms with Crippen LogP contribution < -0.4 is 5.32 Å². The maximum Gasteiger partial charge on any atom is 0.130 e. The predicted octanol–water partition coefficient (Wildman–Crippen LogP) is 2.12. The van der Waals surface area contributed by atoms with Gasteiger partial charge in [0.2, 0.25) is 0 Å². The fraction of sp³-hybridized carbons (Fsp3) is 0.643. The molecule has 5 nitrogen and oxygen atoms in total. The minimum Gasteiger partial charge on any atom is -0.394 e. The molecule has 6 heteroatoms. The van der Waals surface area contributed by atoms with Crippen molar-refractivity contribution < 1.29 is 14.6 Å². The average Bonchev–Trinajstić information content (AvgIpc) is 2.47. The van der Waals surface area contributed by atoms with Gasteiger partial charge in [-0.15, -0.1) is 0 Å². The van der Waals surface area contributed by atoms with Crippen molar-refractivity contribution in [3.05, 3.63) is 22.3 Å². The first-order valence-electron chi connectivity index (χ1n) is 6.85. The summed E-state index contributed by atoms with van der Waals surface area (Å²) in [4.78, 5) is 4.44. The molecule has 0 spiro atoms. The number of nitrogens with zero attached hydrogens (tertiary/aromatic N) is 1. The number of anilines is 1. The van der Waals surface area contributed by atoms with Gasteiger partial charge in [-0.1, -0.05) is 6.07 Å². The number of pyridine rings is 1. The minimum atomic E-state index is -0.280. The van der Waals surface area contributed by atoms with Crippen LogP contribution in [0.1, 0.15) is 18.4 Å². The van der Waals surface area contributed by atoms with E-state index in [1.165, 1.54) is 0 Å². The summed E-state index contributed by atoms with van der Waals surface area (Å²) in [5, 5.41) is 12.4. The lowest BCUT2D eigenvalue weighted by atomic mass is 9.94. The molecule has 0 bridgehead atoms. The lowest BCUT2D eigenvalue weighted by Gasteiger charge is -2.37. The number of halogens is 1. The van der Waals surface area contributed by atoms with E-state index in [2.05, 4.69) is 26.2 Å². The zero-order valence-electron chi connectivity index (χ0n) is 11.7. The van der Waals surface area contributed by atoms with Gasteiger partial charge in [0.05, 0.1) is 18.8 Å². The highest BCUT2D eigenvalue weighted by molar-refractivity contribution is 9.10. The van der Waals surface area contributed by atoms with Gasteiger partial charge in [-0.3, -0.25) is 0 Å². The molecule has 1 aliphatic heterocycles. The Morgan fingerprint density at radius 2 is 2.20 bits per heavy atom. The van der Waals surface area contributed by atoms with Gasteiger partial charge in [-0.05, 0) is 34.5 Å². The molecule has 1 fully saturated rings. The molecule has 2 N–H and O–H groups in total. The van der Waals surface area contributed by atoms with Crippen molar-refractivity contribution in [3.63, 3.8) is 0 Å². The van der Waals surface area contributed by atoms with Crippen LogP contribution in [0.3, 0.4) is 0 Å². The summed E-state index contributed by atoms with van der Waals surface area (Å²) in [5.41, 5.74) is 0.815. The standard InChI is InChI=1S/C14H21BrN2O3/c1-11-2-3-12(15)17-13(11)16-10-14(20-9-6-18)4-7-19-8-5-14/h2-3,18H,4-10H2,1H3,(H,16,17). The summed E-state index contributed by atoms with van der Waals surface area (Å²) >= 11 is 3.38. The molecule has 1 saturated heterocycles. The molecule has 0 amide bonds. The Bertz CT molecular complexity index is 436. The molecular formula is C14H21BrN2O3. The summed E-state index contributed by atoms with van der Waals surface area (Å²) in [5.74, 6) is 0.859. The third kappa shape index (κ3) is 4.15. The van der Waals surface area contributed by atoms with Gasteiger partial charge in [0.15, 0.2) is 0 Å². The van der Waals surface area contributed by atoms with E-state index in [9.17, 15) is 0 Å². The van der Waals surface area contributed by atoms with E-state index in [0.717, 1.165) is 28.8 Å². The molecule has 1 aliphatic rings. The summed E-state index contributed by atoms with van der Waals surface area (Å²) in [6.07, 6.45) is 1.65. The van der Waals surface area contributed by atoms with Crippen molar-refractivity contribution in [3.8, 4) is 0 Å². The molecule has 0 radical (unpaired) electrons. The lowest BCUT2D eigenvalue weighted by molar-refractivity contribution is -0.109. The fourth-order valence-corrected chi connectivity index (χ4v) is 2.62. The molecule has 112 valence electrons. The maximum atomic E-state index is 8.98. The van der Waals surface area contributed by atoms with Crippen LogP contribution in [-0.4, -0.2) is 48.7 Å². The number of hydrogen-bond donors (Lipinski definition) is 2. The number of aromatic nitrogens is 1. The van der Waals surface area contributed by atoms with Crippen LogP contribution in [0.15, 0.2) is 16.7 Å². The van der Waals surface area contributed by atoms with Gasteiger partial charge >= 0.3 is 0 Å². The topological polar surface area (TPSA) is 63.6 Å². The number of rotatable bonds is 6. The smallest absolute Gasteiger partial charge is 0.130 e.